The maximum Gasteiger partial charge on any atom is 0.0726 e. The van der Waals surface area contributed by atoms with Crippen LogP contribution in [0.1, 0.15) is 140 Å². The fourth-order valence-corrected chi connectivity index (χ4v) is 26.0. The second-order valence-corrected chi connectivity index (χ2v) is 36.8. The van der Waals surface area contributed by atoms with Crippen molar-refractivity contribution in [2.24, 2.45) is 0 Å². The van der Waals surface area contributed by atoms with Gasteiger partial charge >= 0.3 is 0 Å². The van der Waals surface area contributed by atoms with Crippen LogP contribution in [-0.2, 0) is 38.9 Å². The van der Waals surface area contributed by atoms with Gasteiger partial charge in [0.25, 0.3) is 0 Å². The molecule has 0 aromatic heterocycles. The van der Waals surface area contributed by atoms with Crippen LogP contribution < -0.4 is 9.80 Å². The van der Waals surface area contributed by atoms with Crippen molar-refractivity contribution in [3.63, 3.8) is 0 Å². The number of anilines is 6. The fourth-order valence-electron chi connectivity index (χ4n) is 26.0. The van der Waals surface area contributed by atoms with Crippen molar-refractivity contribution in [3.05, 3.63) is 500 Å². The lowest BCUT2D eigenvalue weighted by atomic mass is 9.70. The van der Waals surface area contributed by atoms with Crippen molar-refractivity contribution in [3.8, 4) is 100 Å². The smallest absolute Gasteiger partial charge is 0.0726 e. The molecule has 122 heavy (non-hydrogen) atoms. The average Bonchev–Trinajstić information content (AvgIpc) is 1.47. The molecule has 0 radical (unpaired) electrons. The standard InChI is InChI=1S/C120H82N2/c1-115(2)89-43-17-6-32-75(89)82-65-63-73(69-105(82)115)121(108-59-29-55-102-112(108)85-40-14-25-51-97(85)118(102)92-46-20-8-34-77(92)78-35-9-21-47-93(78)118)107-58-28-54-101-111(107)84-39-13-19-45-91(84)117(101,5)71-72-62-67-100-88(68-72)81-38-12-24-50-96(81)120(100)99-53-27-16-42-87(99)114-104(120)57-31-61-110(114)122(74-64-66-83-76-33-7-18-44-90(76)116(3,4)106(83)70-74)109-60-30-56-103-113(109)86-41-15-26-52-98(86)119(103)94-48-22-10-36-79(94)80-37-11-23-49-95(80)119/h6-70H,71H2,1-5H3. The summed E-state index contributed by atoms with van der Waals surface area (Å²) in [6.45, 7) is 12.2. The van der Waals surface area contributed by atoms with Crippen molar-refractivity contribution < 1.29 is 0 Å². The van der Waals surface area contributed by atoms with Gasteiger partial charge in [-0.1, -0.05) is 380 Å². The van der Waals surface area contributed by atoms with Gasteiger partial charge in [0.2, 0.25) is 0 Å². The summed E-state index contributed by atoms with van der Waals surface area (Å²) in [5, 5.41) is 0. The van der Waals surface area contributed by atoms with Gasteiger partial charge in [-0.15, -0.1) is 0 Å². The number of rotatable bonds is 8. The summed E-state index contributed by atoms with van der Waals surface area (Å²) in [5.41, 5.74) is 52.9. The van der Waals surface area contributed by atoms with Gasteiger partial charge in [-0.25, -0.2) is 0 Å². The highest BCUT2D eigenvalue weighted by atomic mass is 15.2. The van der Waals surface area contributed by atoms with E-state index in [-0.39, 0.29) is 10.8 Å². The molecule has 2 atom stereocenters. The Morgan fingerprint density at radius 1 is 0.172 bits per heavy atom. The second kappa shape index (κ2) is 24.0. The molecule has 0 N–H and O–H groups in total. The maximum absolute atomic E-state index is 2.68. The SMILES string of the molecule is CC1(C)c2ccccc2-c2ccc(N(c3cccc4c3-c3ccccc3C4(C)Cc3ccc4c(c3)-c3ccccc3C43c4ccccc4-c4c(N(c5ccc6c(c5)C(C)(C)c5ccccc5-6)c5cccc6c5-c5ccccc5C65c6ccccc6-c6ccccc65)cccc43)c3cccc4c3-c3ccccc3C43c4ccccc4-c4ccccc43)cc21. The zero-order chi connectivity index (χ0) is 80.6. The number of hydrogen-bond donors (Lipinski definition) is 0. The van der Waals surface area contributed by atoms with Crippen LogP contribution >= 0.6 is 0 Å². The van der Waals surface area contributed by atoms with E-state index in [1.54, 1.807) is 0 Å². The van der Waals surface area contributed by atoms with Crippen LogP contribution in [-0.4, -0.2) is 0 Å². The highest BCUT2D eigenvalue weighted by molar-refractivity contribution is 6.09. The van der Waals surface area contributed by atoms with Gasteiger partial charge in [-0.2, -0.15) is 0 Å². The number of fused-ring (bicyclic) bond motifs is 39. The van der Waals surface area contributed by atoms with Crippen LogP contribution in [0.5, 0.6) is 0 Å². The molecule has 9 aliphatic rings. The van der Waals surface area contributed by atoms with E-state index in [1.807, 2.05) is 0 Å². The third kappa shape index (κ3) is 8.23. The Morgan fingerprint density at radius 2 is 0.410 bits per heavy atom. The predicted octanol–water partition coefficient (Wildman–Crippen LogP) is 29.8. The molecule has 0 saturated carbocycles. The number of benzene rings is 18. The molecule has 27 rings (SSSR count). The van der Waals surface area contributed by atoms with Gasteiger partial charge in [0.15, 0.2) is 0 Å². The summed E-state index contributed by atoms with van der Waals surface area (Å²) in [6, 6.07) is 153. The first kappa shape index (κ1) is 68.5. The lowest BCUT2D eigenvalue weighted by Crippen LogP contribution is -2.26. The zero-order valence-corrected chi connectivity index (χ0v) is 68.6. The van der Waals surface area contributed by atoms with E-state index in [9.17, 15) is 0 Å². The van der Waals surface area contributed by atoms with Crippen LogP contribution in [0.4, 0.5) is 34.1 Å². The largest absolute Gasteiger partial charge is 0.309 e. The Kier molecular flexibility index (Phi) is 13.5. The Balaban J connectivity index is 0.639. The highest BCUT2D eigenvalue weighted by Crippen LogP contribution is 2.71. The molecule has 9 aliphatic carbocycles. The van der Waals surface area contributed by atoms with Crippen molar-refractivity contribution >= 4 is 34.1 Å². The minimum Gasteiger partial charge on any atom is -0.309 e. The van der Waals surface area contributed by atoms with Gasteiger partial charge in [-0.3, -0.25) is 0 Å². The molecule has 0 saturated heterocycles. The van der Waals surface area contributed by atoms with E-state index in [1.165, 1.54) is 217 Å². The molecular weight excluding hydrogens is 1470 g/mol. The lowest BCUT2D eigenvalue weighted by molar-refractivity contribution is 0.583. The molecule has 2 unspecified atom stereocenters. The summed E-state index contributed by atoms with van der Waals surface area (Å²) >= 11 is 0. The van der Waals surface area contributed by atoms with Crippen LogP contribution in [0.15, 0.2) is 394 Å². The second-order valence-electron chi connectivity index (χ2n) is 36.8. The zero-order valence-electron chi connectivity index (χ0n) is 68.6. The Morgan fingerprint density at radius 3 is 0.754 bits per heavy atom. The molecule has 572 valence electrons. The molecule has 18 aromatic rings. The molecule has 0 bridgehead atoms. The van der Waals surface area contributed by atoms with Gasteiger partial charge in [-0.05, 0) is 239 Å². The van der Waals surface area contributed by atoms with Crippen LogP contribution in [0.3, 0.4) is 0 Å². The third-order valence-electron chi connectivity index (χ3n) is 30.8. The van der Waals surface area contributed by atoms with Gasteiger partial charge < -0.3 is 9.80 Å². The van der Waals surface area contributed by atoms with E-state index in [0.29, 0.717) is 0 Å². The van der Waals surface area contributed by atoms with Crippen LogP contribution in [0, 0.1) is 0 Å². The molecule has 0 amide bonds. The molecule has 0 fully saturated rings. The molecule has 18 aromatic carbocycles. The Bertz CT molecular complexity index is 7650. The van der Waals surface area contributed by atoms with Gasteiger partial charge in [0.1, 0.15) is 0 Å². The fraction of sp³-hybridized carbons (Fsp3) is 0.100. The summed E-state index contributed by atoms with van der Waals surface area (Å²) in [6.07, 6.45) is 0.779. The molecule has 3 spiro atoms. The van der Waals surface area contributed by atoms with Crippen molar-refractivity contribution in [2.45, 2.75) is 73.5 Å². The minimum atomic E-state index is -0.654. The summed E-state index contributed by atoms with van der Waals surface area (Å²) in [5.74, 6) is 0. The van der Waals surface area contributed by atoms with E-state index < -0.39 is 21.7 Å². The van der Waals surface area contributed by atoms with E-state index in [0.717, 1.165) is 29.2 Å². The van der Waals surface area contributed by atoms with E-state index in [4.69, 9.17) is 0 Å². The monoisotopic (exact) mass is 1550 g/mol. The molecular formula is C120H82N2. The highest BCUT2D eigenvalue weighted by Gasteiger charge is 2.57. The van der Waals surface area contributed by atoms with Crippen molar-refractivity contribution in [1.29, 1.82) is 0 Å². The maximum atomic E-state index is 2.68. The molecule has 2 heteroatoms. The van der Waals surface area contributed by atoms with Crippen molar-refractivity contribution in [1.82, 2.24) is 0 Å². The lowest BCUT2D eigenvalue weighted by Gasteiger charge is -2.34. The normalized spacial score (nSPS) is 17.4. The van der Waals surface area contributed by atoms with Crippen LogP contribution in [0.25, 0.3) is 100 Å². The summed E-state index contributed by atoms with van der Waals surface area (Å²) in [7, 11) is 0. The Labute approximate surface area is 712 Å². The predicted molar refractivity (Wildman–Crippen MR) is 502 cm³/mol. The van der Waals surface area contributed by atoms with Gasteiger partial charge in [0.05, 0.1) is 39.0 Å². The minimum absolute atomic E-state index is 0.233. The first-order valence-corrected chi connectivity index (χ1v) is 43.6. The first-order chi connectivity index (χ1) is 59.9. The van der Waals surface area contributed by atoms with Crippen molar-refractivity contribution in [2.75, 3.05) is 9.80 Å². The topological polar surface area (TPSA) is 6.48 Å². The van der Waals surface area contributed by atoms with E-state index >= 15 is 0 Å². The third-order valence-corrected chi connectivity index (χ3v) is 30.8. The van der Waals surface area contributed by atoms with Gasteiger partial charge in [0, 0.05) is 49.9 Å². The molecule has 2 nitrogen and oxygen atoms in total. The van der Waals surface area contributed by atoms with Crippen LogP contribution in [0.2, 0.25) is 0 Å². The number of hydrogen-bond acceptors (Lipinski definition) is 2. The summed E-state index contributed by atoms with van der Waals surface area (Å²) < 4.78 is 0. The van der Waals surface area contributed by atoms with E-state index in [2.05, 4.69) is 439 Å². The number of nitrogens with zero attached hydrogens (tertiary/aromatic N) is 2. The summed E-state index contributed by atoms with van der Waals surface area (Å²) in [4.78, 5) is 5.36. The average molecular weight is 1550 g/mol. The molecule has 0 heterocycles. The first-order valence-electron chi connectivity index (χ1n) is 43.6. The molecule has 0 aliphatic heterocycles. The quantitative estimate of drug-likeness (QED) is 0.150. The Hall–Kier alpha value is -14.4.